The van der Waals surface area contributed by atoms with E-state index in [4.69, 9.17) is 5.73 Å². The lowest BCUT2D eigenvalue weighted by atomic mass is 9.78. The van der Waals surface area contributed by atoms with Gasteiger partial charge in [0, 0.05) is 23.6 Å². The van der Waals surface area contributed by atoms with Crippen LogP contribution in [-0.2, 0) is 4.79 Å². The van der Waals surface area contributed by atoms with Gasteiger partial charge in [-0.3, -0.25) is 4.79 Å². The summed E-state index contributed by atoms with van der Waals surface area (Å²) in [7, 11) is 0. The molecule has 16 heavy (non-hydrogen) atoms. The van der Waals surface area contributed by atoms with E-state index in [1.165, 1.54) is 0 Å². The summed E-state index contributed by atoms with van der Waals surface area (Å²) in [6, 6.07) is -0.325. The molecule has 2 fully saturated rings. The van der Waals surface area contributed by atoms with Crippen LogP contribution < -0.4 is 21.9 Å². The molecule has 3 unspecified atom stereocenters. The van der Waals surface area contributed by atoms with Crippen molar-refractivity contribution in [1.82, 2.24) is 16.2 Å². The fourth-order valence-electron chi connectivity index (χ4n) is 2.76. The van der Waals surface area contributed by atoms with E-state index in [0.29, 0.717) is 0 Å². The smallest absolute Gasteiger partial charge is 0.237 e. The maximum Gasteiger partial charge on any atom is 0.237 e. The quantitative estimate of drug-likeness (QED) is 0.427. The Morgan fingerprint density at radius 3 is 3.12 bits per heavy atom. The SMILES string of the molecule is NC(=O)C1NNC2=CC3(C=CC21)CCNC3. The Balaban J connectivity index is 1.88. The Bertz CT molecular complexity index is 381. The van der Waals surface area contributed by atoms with Crippen LogP contribution in [0.25, 0.3) is 0 Å². The van der Waals surface area contributed by atoms with Gasteiger partial charge >= 0.3 is 0 Å². The van der Waals surface area contributed by atoms with Crippen LogP contribution in [0.2, 0.25) is 0 Å². The van der Waals surface area contributed by atoms with Crippen LogP contribution in [0.15, 0.2) is 23.9 Å². The number of primary amides is 1. The predicted octanol–water partition coefficient (Wildman–Crippen LogP) is -1.00. The summed E-state index contributed by atoms with van der Waals surface area (Å²) >= 11 is 0. The van der Waals surface area contributed by atoms with Gasteiger partial charge < -0.3 is 16.5 Å². The highest BCUT2D eigenvalue weighted by molar-refractivity contribution is 5.81. The predicted molar refractivity (Wildman–Crippen MR) is 59.9 cm³/mol. The van der Waals surface area contributed by atoms with Gasteiger partial charge in [0.2, 0.25) is 5.91 Å². The molecule has 5 heteroatoms. The van der Waals surface area contributed by atoms with Crippen molar-refractivity contribution < 1.29 is 4.79 Å². The Morgan fingerprint density at radius 1 is 1.56 bits per heavy atom. The third-order valence-electron chi connectivity index (χ3n) is 3.70. The molecule has 0 aromatic heterocycles. The van der Waals surface area contributed by atoms with E-state index in [1.54, 1.807) is 0 Å². The monoisotopic (exact) mass is 220 g/mol. The fraction of sp³-hybridized carbons (Fsp3) is 0.545. The van der Waals surface area contributed by atoms with Crippen molar-refractivity contribution in [3.63, 3.8) is 0 Å². The topological polar surface area (TPSA) is 79.2 Å². The zero-order chi connectivity index (χ0) is 11.2. The van der Waals surface area contributed by atoms with E-state index in [0.717, 1.165) is 25.2 Å². The van der Waals surface area contributed by atoms with E-state index in [-0.39, 0.29) is 23.3 Å². The van der Waals surface area contributed by atoms with Crippen molar-refractivity contribution in [2.75, 3.05) is 13.1 Å². The van der Waals surface area contributed by atoms with Gasteiger partial charge in [-0.1, -0.05) is 18.2 Å². The summed E-state index contributed by atoms with van der Waals surface area (Å²) in [5, 5.41) is 3.36. The molecule has 1 aliphatic carbocycles. The Morgan fingerprint density at radius 2 is 2.44 bits per heavy atom. The molecule has 1 spiro atoms. The number of hydrogen-bond donors (Lipinski definition) is 4. The molecule has 3 rings (SSSR count). The molecule has 3 aliphatic rings. The molecule has 0 radical (unpaired) electrons. The first-order valence-electron chi connectivity index (χ1n) is 5.64. The molecular formula is C11H16N4O. The first kappa shape index (κ1) is 9.86. The highest BCUT2D eigenvalue weighted by Gasteiger charge is 2.40. The number of amides is 1. The van der Waals surface area contributed by atoms with Crippen LogP contribution in [0.4, 0.5) is 0 Å². The van der Waals surface area contributed by atoms with Crippen LogP contribution in [0, 0.1) is 11.3 Å². The van der Waals surface area contributed by atoms with Crippen LogP contribution in [0.1, 0.15) is 6.42 Å². The van der Waals surface area contributed by atoms with Crippen LogP contribution >= 0.6 is 0 Å². The standard InChI is InChI=1S/C11H16N4O/c12-10(16)9-7-1-2-11(3-4-13-6-11)5-8(7)14-15-9/h1-2,5,7,9,13-15H,3-4,6H2,(H2,12,16). The van der Waals surface area contributed by atoms with Gasteiger partial charge in [0.15, 0.2) is 0 Å². The van der Waals surface area contributed by atoms with Gasteiger partial charge in [-0.05, 0) is 13.0 Å². The van der Waals surface area contributed by atoms with E-state index >= 15 is 0 Å². The Labute approximate surface area is 94.1 Å². The molecule has 5 N–H and O–H groups in total. The molecule has 0 saturated carbocycles. The lowest BCUT2D eigenvalue weighted by molar-refractivity contribution is -0.120. The van der Waals surface area contributed by atoms with Gasteiger partial charge in [0.05, 0.1) is 0 Å². The molecule has 2 saturated heterocycles. The van der Waals surface area contributed by atoms with Gasteiger partial charge in [-0.25, -0.2) is 5.43 Å². The number of fused-ring (bicyclic) bond motifs is 1. The summed E-state index contributed by atoms with van der Waals surface area (Å²) in [4.78, 5) is 11.2. The molecule has 0 bridgehead atoms. The van der Waals surface area contributed by atoms with E-state index in [1.807, 2.05) is 0 Å². The van der Waals surface area contributed by atoms with E-state index in [2.05, 4.69) is 34.4 Å². The fourth-order valence-corrected chi connectivity index (χ4v) is 2.76. The molecule has 5 nitrogen and oxygen atoms in total. The third-order valence-corrected chi connectivity index (χ3v) is 3.70. The zero-order valence-electron chi connectivity index (χ0n) is 8.99. The second kappa shape index (κ2) is 3.33. The van der Waals surface area contributed by atoms with Crippen LogP contribution in [-0.4, -0.2) is 25.0 Å². The Kier molecular flexibility index (Phi) is 2.05. The summed E-state index contributed by atoms with van der Waals surface area (Å²) in [6.07, 6.45) is 7.66. The van der Waals surface area contributed by atoms with Crippen molar-refractivity contribution >= 4 is 5.91 Å². The number of nitrogens with two attached hydrogens (primary N) is 1. The maximum absolute atomic E-state index is 11.2. The van der Waals surface area contributed by atoms with Crippen molar-refractivity contribution in [3.8, 4) is 0 Å². The lowest BCUT2D eigenvalue weighted by Crippen LogP contribution is -2.42. The lowest BCUT2D eigenvalue weighted by Gasteiger charge is -2.27. The number of carbonyl (C=O) groups excluding carboxylic acids is 1. The van der Waals surface area contributed by atoms with Crippen molar-refractivity contribution in [2.45, 2.75) is 12.5 Å². The highest BCUT2D eigenvalue weighted by atomic mass is 16.1. The maximum atomic E-state index is 11.2. The molecule has 86 valence electrons. The molecule has 0 aromatic carbocycles. The van der Waals surface area contributed by atoms with E-state index in [9.17, 15) is 4.79 Å². The van der Waals surface area contributed by atoms with E-state index < -0.39 is 0 Å². The molecule has 2 heterocycles. The van der Waals surface area contributed by atoms with Crippen molar-refractivity contribution in [1.29, 1.82) is 0 Å². The second-order valence-electron chi connectivity index (χ2n) is 4.79. The number of hydrazine groups is 1. The van der Waals surface area contributed by atoms with Gasteiger partial charge in [0.1, 0.15) is 6.04 Å². The first-order valence-corrected chi connectivity index (χ1v) is 5.64. The molecule has 2 aliphatic heterocycles. The molecular weight excluding hydrogens is 204 g/mol. The van der Waals surface area contributed by atoms with Crippen LogP contribution in [0.5, 0.6) is 0 Å². The first-order chi connectivity index (χ1) is 7.70. The second-order valence-corrected chi connectivity index (χ2v) is 4.79. The van der Waals surface area contributed by atoms with Crippen LogP contribution in [0.3, 0.4) is 0 Å². The minimum atomic E-state index is -0.325. The third kappa shape index (κ3) is 1.36. The highest BCUT2D eigenvalue weighted by Crippen LogP contribution is 2.37. The molecule has 1 amide bonds. The number of rotatable bonds is 1. The normalized spacial score (nSPS) is 40.6. The molecule has 3 atom stereocenters. The van der Waals surface area contributed by atoms with Gasteiger partial charge in [-0.15, -0.1) is 0 Å². The minimum Gasteiger partial charge on any atom is -0.368 e. The minimum absolute atomic E-state index is 0.0729. The van der Waals surface area contributed by atoms with Crippen molar-refractivity contribution in [3.05, 3.63) is 23.9 Å². The number of carbonyl (C=O) groups is 1. The summed E-state index contributed by atoms with van der Waals surface area (Å²) in [5.74, 6) is -0.241. The average molecular weight is 220 g/mol. The number of hydrogen-bond acceptors (Lipinski definition) is 4. The van der Waals surface area contributed by atoms with Crippen molar-refractivity contribution in [2.24, 2.45) is 17.1 Å². The summed E-state index contributed by atoms with van der Waals surface area (Å²) in [6.45, 7) is 2.02. The van der Waals surface area contributed by atoms with Gasteiger partial charge in [-0.2, -0.15) is 0 Å². The number of nitrogens with one attached hydrogen (secondary N) is 3. The average Bonchev–Trinajstić information content (AvgIpc) is 2.85. The summed E-state index contributed by atoms with van der Waals surface area (Å²) < 4.78 is 0. The summed E-state index contributed by atoms with van der Waals surface area (Å²) in [5.41, 5.74) is 12.6. The Hall–Kier alpha value is -1.33. The van der Waals surface area contributed by atoms with Gasteiger partial charge in [0.25, 0.3) is 0 Å². The largest absolute Gasteiger partial charge is 0.368 e. The molecule has 0 aromatic rings. The zero-order valence-corrected chi connectivity index (χ0v) is 8.99.